The first-order valence-electron chi connectivity index (χ1n) is 5.98. The molecule has 2 rings (SSSR count). The molecule has 1 saturated carbocycles. The monoisotopic (exact) mass is 255 g/mol. The number of hydrogen-bond acceptors (Lipinski definition) is 4. The molecule has 0 saturated heterocycles. The average molecular weight is 256 g/mol. The zero-order valence-electron chi connectivity index (χ0n) is 9.69. The molecule has 1 fully saturated rings. The summed E-state index contributed by atoms with van der Waals surface area (Å²) in [6, 6.07) is 1.70. The minimum Gasteiger partial charge on any atom is -0.396 e. The standard InChI is InChI=1S/C12H18ClN3O/c13-9-5-11(14)12(16-7-9)15-6-8-1-3-10(17)4-2-8/h5,7-8,10,17H,1-4,6,14H2,(H,15,16). The maximum Gasteiger partial charge on any atom is 0.149 e. The zero-order chi connectivity index (χ0) is 12.3. The highest BCUT2D eigenvalue weighted by Gasteiger charge is 2.19. The Morgan fingerprint density at radius 2 is 2.12 bits per heavy atom. The average Bonchev–Trinajstić information content (AvgIpc) is 2.30. The van der Waals surface area contributed by atoms with E-state index in [2.05, 4.69) is 10.3 Å². The fourth-order valence-corrected chi connectivity index (χ4v) is 2.36. The van der Waals surface area contributed by atoms with Gasteiger partial charge in [0.05, 0.1) is 16.8 Å². The summed E-state index contributed by atoms with van der Waals surface area (Å²) in [6.07, 6.45) is 5.39. The highest BCUT2D eigenvalue weighted by atomic mass is 35.5. The summed E-state index contributed by atoms with van der Waals surface area (Å²) in [5.74, 6) is 1.29. The summed E-state index contributed by atoms with van der Waals surface area (Å²) in [5.41, 5.74) is 6.39. The molecule has 0 bridgehead atoms. The van der Waals surface area contributed by atoms with Gasteiger partial charge in [-0.25, -0.2) is 4.98 Å². The molecule has 17 heavy (non-hydrogen) atoms. The lowest BCUT2D eigenvalue weighted by molar-refractivity contribution is 0.111. The maximum absolute atomic E-state index is 9.42. The van der Waals surface area contributed by atoms with Crippen LogP contribution in [0.3, 0.4) is 0 Å². The van der Waals surface area contributed by atoms with Crippen LogP contribution in [-0.4, -0.2) is 22.7 Å². The minimum absolute atomic E-state index is 0.107. The van der Waals surface area contributed by atoms with Crippen LogP contribution in [0.15, 0.2) is 12.3 Å². The third kappa shape index (κ3) is 3.48. The second-order valence-corrected chi connectivity index (χ2v) is 5.08. The molecule has 0 amide bonds. The lowest BCUT2D eigenvalue weighted by atomic mass is 9.87. The number of halogens is 1. The second-order valence-electron chi connectivity index (χ2n) is 4.65. The van der Waals surface area contributed by atoms with Gasteiger partial charge in [0.2, 0.25) is 0 Å². The van der Waals surface area contributed by atoms with Crippen LogP contribution in [0.5, 0.6) is 0 Å². The lowest BCUT2D eigenvalue weighted by Gasteiger charge is -2.25. The summed E-state index contributed by atoms with van der Waals surface area (Å²) < 4.78 is 0. The highest BCUT2D eigenvalue weighted by Crippen LogP contribution is 2.25. The van der Waals surface area contributed by atoms with E-state index in [1.807, 2.05) is 0 Å². The van der Waals surface area contributed by atoms with Crippen molar-refractivity contribution in [3.05, 3.63) is 17.3 Å². The molecule has 0 atom stereocenters. The van der Waals surface area contributed by atoms with Gasteiger partial charge in [0.1, 0.15) is 5.82 Å². The smallest absolute Gasteiger partial charge is 0.149 e. The number of rotatable bonds is 3. The van der Waals surface area contributed by atoms with Gasteiger partial charge in [0.25, 0.3) is 0 Å². The Morgan fingerprint density at radius 1 is 1.41 bits per heavy atom. The number of nitrogens with zero attached hydrogens (tertiary/aromatic N) is 1. The van der Waals surface area contributed by atoms with Crippen molar-refractivity contribution in [1.29, 1.82) is 0 Å². The van der Waals surface area contributed by atoms with Crippen LogP contribution in [0, 0.1) is 5.92 Å². The van der Waals surface area contributed by atoms with Gasteiger partial charge in [-0.05, 0) is 37.7 Å². The maximum atomic E-state index is 9.42. The number of nitrogen functional groups attached to an aromatic ring is 1. The van der Waals surface area contributed by atoms with Crippen molar-refractivity contribution in [3.63, 3.8) is 0 Å². The summed E-state index contributed by atoms with van der Waals surface area (Å²) in [6.45, 7) is 0.853. The van der Waals surface area contributed by atoms with Crippen molar-refractivity contribution in [3.8, 4) is 0 Å². The quantitative estimate of drug-likeness (QED) is 0.775. The Balaban J connectivity index is 1.85. The first-order chi connectivity index (χ1) is 8.15. The molecule has 1 heterocycles. The van der Waals surface area contributed by atoms with Crippen LogP contribution < -0.4 is 11.1 Å². The molecule has 4 N–H and O–H groups in total. The van der Waals surface area contributed by atoms with Crippen LogP contribution in [0.25, 0.3) is 0 Å². The molecule has 4 nitrogen and oxygen atoms in total. The summed E-state index contributed by atoms with van der Waals surface area (Å²) in [7, 11) is 0. The fraction of sp³-hybridized carbons (Fsp3) is 0.583. The third-order valence-corrected chi connectivity index (χ3v) is 3.46. The van der Waals surface area contributed by atoms with Gasteiger partial charge < -0.3 is 16.2 Å². The SMILES string of the molecule is Nc1cc(Cl)cnc1NCC1CCC(O)CC1. The Bertz CT molecular complexity index is 378. The van der Waals surface area contributed by atoms with E-state index >= 15 is 0 Å². The van der Waals surface area contributed by atoms with Gasteiger partial charge in [0.15, 0.2) is 0 Å². The summed E-state index contributed by atoms with van der Waals surface area (Å²) in [5, 5.41) is 13.2. The molecule has 1 aromatic rings. The van der Waals surface area contributed by atoms with Crippen molar-refractivity contribution in [2.75, 3.05) is 17.6 Å². The number of hydrogen-bond donors (Lipinski definition) is 3. The summed E-state index contributed by atoms with van der Waals surface area (Å²) >= 11 is 5.78. The van der Waals surface area contributed by atoms with Gasteiger partial charge >= 0.3 is 0 Å². The van der Waals surface area contributed by atoms with E-state index in [-0.39, 0.29) is 6.10 Å². The van der Waals surface area contributed by atoms with Crippen LogP contribution in [-0.2, 0) is 0 Å². The van der Waals surface area contributed by atoms with E-state index in [0.717, 1.165) is 32.2 Å². The van der Waals surface area contributed by atoms with Crippen molar-refractivity contribution in [2.45, 2.75) is 31.8 Å². The molecule has 1 aliphatic rings. The Kier molecular flexibility index (Phi) is 4.07. The van der Waals surface area contributed by atoms with E-state index in [1.165, 1.54) is 0 Å². The zero-order valence-corrected chi connectivity index (χ0v) is 10.5. The van der Waals surface area contributed by atoms with Gasteiger partial charge in [-0.2, -0.15) is 0 Å². The number of nitrogens with two attached hydrogens (primary N) is 1. The first kappa shape index (κ1) is 12.5. The van der Waals surface area contributed by atoms with Gasteiger partial charge in [-0.15, -0.1) is 0 Å². The normalized spacial score (nSPS) is 24.6. The lowest BCUT2D eigenvalue weighted by Crippen LogP contribution is -2.24. The molecule has 5 heteroatoms. The fourth-order valence-electron chi connectivity index (χ4n) is 2.19. The number of nitrogens with one attached hydrogen (secondary N) is 1. The van der Waals surface area contributed by atoms with Crippen molar-refractivity contribution >= 4 is 23.1 Å². The topological polar surface area (TPSA) is 71.2 Å². The van der Waals surface area contributed by atoms with E-state index in [9.17, 15) is 5.11 Å². The molecular weight excluding hydrogens is 238 g/mol. The number of anilines is 2. The molecule has 0 radical (unpaired) electrons. The van der Waals surface area contributed by atoms with E-state index in [1.54, 1.807) is 12.3 Å². The molecule has 0 unspecified atom stereocenters. The molecular formula is C12H18ClN3O. The Morgan fingerprint density at radius 3 is 2.76 bits per heavy atom. The number of aromatic nitrogens is 1. The predicted molar refractivity (Wildman–Crippen MR) is 70.1 cm³/mol. The minimum atomic E-state index is -0.107. The number of aliphatic hydroxyl groups excluding tert-OH is 1. The van der Waals surface area contributed by atoms with Gasteiger partial charge in [-0.3, -0.25) is 0 Å². The van der Waals surface area contributed by atoms with E-state index in [0.29, 0.717) is 22.4 Å². The van der Waals surface area contributed by atoms with Gasteiger partial charge in [-0.1, -0.05) is 11.6 Å². The predicted octanol–water partition coefficient (Wildman–Crippen LogP) is 2.28. The highest BCUT2D eigenvalue weighted by molar-refractivity contribution is 6.30. The molecule has 94 valence electrons. The summed E-state index contributed by atoms with van der Waals surface area (Å²) in [4.78, 5) is 4.16. The molecule has 0 aliphatic heterocycles. The van der Waals surface area contributed by atoms with Crippen LogP contribution in [0.2, 0.25) is 5.02 Å². The van der Waals surface area contributed by atoms with Crippen LogP contribution in [0.4, 0.5) is 11.5 Å². The van der Waals surface area contributed by atoms with E-state index in [4.69, 9.17) is 17.3 Å². The molecule has 0 spiro atoms. The van der Waals surface area contributed by atoms with Crippen molar-refractivity contribution in [2.24, 2.45) is 5.92 Å². The second kappa shape index (κ2) is 5.56. The Hall–Kier alpha value is -1.00. The van der Waals surface area contributed by atoms with Crippen molar-refractivity contribution < 1.29 is 5.11 Å². The number of aliphatic hydroxyl groups is 1. The molecule has 1 aliphatic carbocycles. The van der Waals surface area contributed by atoms with Gasteiger partial charge in [0, 0.05) is 12.7 Å². The Labute approximate surface area is 106 Å². The molecule has 1 aromatic heterocycles. The molecule has 0 aromatic carbocycles. The largest absolute Gasteiger partial charge is 0.396 e. The first-order valence-corrected chi connectivity index (χ1v) is 6.36. The van der Waals surface area contributed by atoms with Crippen molar-refractivity contribution in [1.82, 2.24) is 4.98 Å². The third-order valence-electron chi connectivity index (χ3n) is 3.26. The van der Waals surface area contributed by atoms with Crippen LogP contribution in [0.1, 0.15) is 25.7 Å². The van der Waals surface area contributed by atoms with Crippen LogP contribution >= 0.6 is 11.6 Å². The number of pyridine rings is 1. The van der Waals surface area contributed by atoms with E-state index < -0.39 is 0 Å².